The van der Waals surface area contributed by atoms with Crippen LogP contribution in [-0.2, 0) is 6.42 Å². The van der Waals surface area contributed by atoms with Gasteiger partial charge in [-0.1, -0.05) is 41.0 Å². The largest absolute Gasteiger partial charge is 0.241 e. The van der Waals surface area contributed by atoms with Crippen LogP contribution >= 0.6 is 11.3 Å². The summed E-state index contributed by atoms with van der Waals surface area (Å²) in [4.78, 5) is 4.72. The lowest BCUT2D eigenvalue weighted by molar-refractivity contribution is 1.04. The van der Waals surface area contributed by atoms with Crippen LogP contribution in [0.25, 0.3) is 10.6 Å². The molecule has 2 heteroatoms. The Morgan fingerprint density at radius 2 is 1.78 bits per heavy atom. The summed E-state index contributed by atoms with van der Waals surface area (Å²) in [5.41, 5.74) is 6.48. The van der Waals surface area contributed by atoms with E-state index in [1.807, 2.05) is 0 Å². The van der Waals surface area contributed by atoms with Crippen molar-refractivity contribution >= 4 is 11.3 Å². The molecular formula is C16H19NS. The minimum absolute atomic E-state index is 0.963. The summed E-state index contributed by atoms with van der Waals surface area (Å²) in [6, 6.07) is 8.56. The molecule has 0 amide bonds. The molecule has 0 N–H and O–H groups in total. The first kappa shape index (κ1) is 13.0. The lowest BCUT2D eigenvalue weighted by Crippen LogP contribution is -1.89. The number of allylic oxidation sites excluding steroid dienone is 2. The summed E-state index contributed by atoms with van der Waals surface area (Å²) in [6.45, 7) is 8.60. The first-order valence-corrected chi connectivity index (χ1v) is 7.08. The van der Waals surface area contributed by atoms with Gasteiger partial charge in [-0.05, 0) is 27.7 Å². The summed E-state index contributed by atoms with van der Waals surface area (Å²) in [6.07, 6.45) is 0.963. The van der Waals surface area contributed by atoms with E-state index in [0.717, 1.165) is 11.4 Å². The van der Waals surface area contributed by atoms with Gasteiger partial charge >= 0.3 is 0 Å². The van der Waals surface area contributed by atoms with Gasteiger partial charge in [0.1, 0.15) is 5.01 Å². The lowest BCUT2D eigenvalue weighted by Gasteiger charge is -2.00. The van der Waals surface area contributed by atoms with Crippen LogP contribution in [0, 0.1) is 6.92 Å². The van der Waals surface area contributed by atoms with Gasteiger partial charge in [-0.15, -0.1) is 11.3 Å². The van der Waals surface area contributed by atoms with Gasteiger partial charge < -0.3 is 0 Å². The van der Waals surface area contributed by atoms with E-state index in [1.54, 1.807) is 11.3 Å². The van der Waals surface area contributed by atoms with E-state index in [4.69, 9.17) is 4.98 Å². The predicted molar refractivity (Wildman–Crippen MR) is 80.0 cm³/mol. The molecular weight excluding hydrogens is 238 g/mol. The lowest BCUT2D eigenvalue weighted by atomic mass is 10.1. The topological polar surface area (TPSA) is 12.9 Å². The summed E-state index contributed by atoms with van der Waals surface area (Å²) < 4.78 is 0. The average Bonchev–Trinajstić information content (AvgIpc) is 2.78. The van der Waals surface area contributed by atoms with Crippen LogP contribution < -0.4 is 0 Å². The van der Waals surface area contributed by atoms with Crippen LogP contribution in [-0.4, -0.2) is 4.98 Å². The van der Waals surface area contributed by atoms with Crippen molar-refractivity contribution in [2.24, 2.45) is 0 Å². The van der Waals surface area contributed by atoms with Crippen molar-refractivity contribution in [2.45, 2.75) is 34.1 Å². The highest BCUT2D eigenvalue weighted by Crippen LogP contribution is 2.25. The van der Waals surface area contributed by atoms with E-state index < -0.39 is 0 Å². The maximum absolute atomic E-state index is 4.72. The van der Waals surface area contributed by atoms with Gasteiger partial charge in [0.05, 0.1) is 5.69 Å². The maximum atomic E-state index is 4.72. The molecule has 1 aromatic heterocycles. The van der Waals surface area contributed by atoms with Crippen molar-refractivity contribution in [2.75, 3.05) is 0 Å². The van der Waals surface area contributed by atoms with E-state index in [1.165, 1.54) is 28.0 Å². The molecule has 18 heavy (non-hydrogen) atoms. The normalized spacial score (nSPS) is 10.4. The maximum Gasteiger partial charge on any atom is 0.123 e. The highest BCUT2D eigenvalue weighted by atomic mass is 32.1. The quantitative estimate of drug-likeness (QED) is 0.704. The Labute approximate surface area is 113 Å². The molecule has 0 aliphatic heterocycles. The number of nitrogens with zero attached hydrogens (tertiary/aromatic N) is 1. The SMILES string of the molecule is CC(C)=C(C)Cc1csc(-c2ccc(C)cc2)n1. The van der Waals surface area contributed by atoms with Gasteiger partial charge in [-0.2, -0.15) is 0 Å². The monoisotopic (exact) mass is 257 g/mol. The molecule has 0 spiro atoms. The summed E-state index contributed by atoms with van der Waals surface area (Å²) >= 11 is 1.73. The summed E-state index contributed by atoms with van der Waals surface area (Å²) in [7, 11) is 0. The molecule has 0 aliphatic rings. The third-order valence-corrected chi connectivity index (χ3v) is 4.09. The minimum atomic E-state index is 0.963. The molecule has 2 rings (SSSR count). The molecule has 0 saturated heterocycles. The summed E-state index contributed by atoms with van der Waals surface area (Å²) in [5.74, 6) is 0. The Morgan fingerprint density at radius 3 is 2.39 bits per heavy atom. The average molecular weight is 257 g/mol. The molecule has 1 nitrogen and oxygen atoms in total. The third-order valence-electron chi connectivity index (χ3n) is 3.15. The second-order valence-corrected chi connectivity index (χ2v) is 5.83. The molecule has 0 bridgehead atoms. The van der Waals surface area contributed by atoms with Crippen molar-refractivity contribution in [1.29, 1.82) is 0 Å². The Hall–Kier alpha value is -1.41. The third kappa shape index (κ3) is 3.08. The smallest absolute Gasteiger partial charge is 0.123 e. The second kappa shape index (κ2) is 5.49. The van der Waals surface area contributed by atoms with Gasteiger partial charge in [0.15, 0.2) is 0 Å². The predicted octanol–water partition coefficient (Wildman–Crippen LogP) is 5.02. The van der Waals surface area contributed by atoms with Gasteiger partial charge in [-0.3, -0.25) is 0 Å². The standard InChI is InChI=1S/C16H19NS/c1-11(2)13(4)9-15-10-18-16(17-15)14-7-5-12(3)6-8-14/h5-8,10H,9H2,1-4H3. The number of hydrogen-bond acceptors (Lipinski definition) is 2. The number of hydrogen-bond donors (Lipinski definition) is 0. The fraction of sp³-hybridized carbons (Fsp3) is 0.312. The Kier molecular flexibility index (Phi) is 3.97. The number of aryl methyl sites for hydroxylation is 1. The molecule has 94 valence electrons. The highest BCUT2D eigenvalue weighted by Gasteiger charge is 2.05. The fourth-order valence-corrected chi connectivity index (χ4v) is 2.49. The van der Waals surface area contributed by atoms with Crippen molar-refractivity contribution in [3.8, 4) is 10.6 Å². The van der Waals surface area contributed by atoms with Crippen LogP contribution in [0.4, 0.5) is 0 Å². The molecule has 1 aromatic carbocycles. The van der Waals surface area contributed by atoms with Crippen LogP contribution in [0.15, 0.2) is 40.8 Å². The Balaban J connectivity index is 2.20. The van der Waals surface area contributed by atoms with Crippen LogP contribution in [0.5, 0.6) is 0 Å². The van der Waals surface area contributed by atoms with E-state index in [-0.39, 0.29) is 0 Å². The van der Waals surface area contributed by atoms with E-state index >= 15 is 0 Å². The van der Waals surface area contributed by atoms with E-state index in [0.29, 0.717) is 0 Å². The van der Waals surface area contributed by atoms with Crippen molar-refractivity contribution in [1.82, 2.24) is 4.98 Å². The van der Waals surface area contributed by atoms with E-state index in [2.05, 4.69) is 57.3 Å². The first-order chi connectivity index (χ1) is 8.56. The molecule has 0 radical (unpaired) electrons. The number of rotatable bonds is 3. The fourth-order valence-electron chi connectivity index (χ4n) is 1.67. The zero-order chi connectivity index (χ0) is 13.1. The van der Waals surface area contributed by atoms with Crippen molar-refractivity contribution < 1.29 is 0 Å². The number of benzene rings is 1. The second-order valence-electron chi connectivity index (χ2n) is 4.97. The molecule has 2 aromatic rings. The number of thiazole rings is 1. The van der Waals surface area contributed by atoms with Gasteiger partial charge in [0.2, 0.25) is 0 Å². The molecule has 0 aliphatic carbocycles. The molecule has 0 atom stereocenters. The zero-order valence-electron chi connectivity index (χ0n) is 11.4. The summed E-state index contributed by atoms with van der Waals surface area (Å²) in [5, 5.41) is 3.29. The van der Waals surface area contributed by atoms with Crippen molar-refractivity contribution in [3.05, 3.63) is 52.0 Å². The van der Waals surface area contributed by atoms with Crippen LogP contribution in [0.3, 0.4) is 0 Å². The van der Waals surface area contributed by atoms with Gasteiger partial charge in [0.25, 0.3) is 0 Å². The molecule has 0 unspecified atom stereocenters. The van der Waals surface area contributed by atoms with Gasteiger partial charge in [-0.25, -0.2) is 4.98 Å². The minimum Gasteiger partial charge on any atom is -0.241 e. The van der Waals surface area contributed by atoms with Crippen LogP contribution in [0.2, 0.25) is 0 Å². The first-order valence-electron chi connectivity index (χ1n) is 6.20. The molecule has 0 fully saturated rings. The van der Waals surface area contributed by atoms with Crippen molar-refractivity contribution in [3.63, 3.8) is 0 Å². The van der Waals surface area contributed by atoms with Crippen LogP contribution in [0.1, 0.15) is 32.0 Å². The number of aromatic nitrogens is 1. The highest BCUT2D eigenvalue weighted by molar-refractivity contribution is 7.13. The van der Waals surface area contributed by atoms with E-state index in [9.17, 15) is 0 Å². The Bertz CT molecular complexity index is 557. The molecule has 0 saturated carbocycles. The molecule has 1 heterocycles. The van der Waals surface area contributed by atoms with Gasteiger partial charge in [0, 0.05) is 17.4 Å². The Morgan fingerprint density at radius 1 is 1.11 bits per heavy atom. The zero-order valence-corrected chi connectivity index (χ0v) is 12.3.